The summed E-state index contributed by atoms with van der Waals surface area (Å²) in [5.41, 5.74) is 3.11. The van der Waals surface area contributed by atoms with E-state index in [0.29, 0.717) is 23.4 Å². The first-order chi connectivity index (χ1) is 13.6. The summed E-state index contributed by atoms with van der Waals surface area (Å²) >= 11 is 0. The molecule has 0 saturated carbocycles. The lowest BCUT2D eigenvalue weighted by Crippen LogP contribution is -2.27. The van der Waals surface area contributed by atoms with Crippen molar-refractivity contribution in [3.63, 3.8) is 0 Å². The Kier molecular flexibility index (Phi) is 4.94. The molecule has 0 aliphatic heterocycles. The number of imidazole rings is 1. The second-order valence-electron chi connectivity index (χ2n) is 6.36. The van der Waals surface area contributed by atoms with E-state index in [0.717, 1.165) is 22.3 Å². The van der Waals surface area contributed by atoms with Crippen LogP contribution in [0.4, 0.5) is 4.39 Å². The molecule has 8 heteroatoms. The summed E-state index contributed by atoms with van der Waals surface area (Å²) in [6.07, 6.45) is 0. The van der Waals surface area contributed by atoms with Gasteiger partial charge in [0.1, 0.15) is 30.6 Å². The molecule has 2 aromatic heterocycles. The maximum Gasteiger partial charge on any atom is 0.246 e. The second-order valence-corrected chi connectivity index (χ2v) is 6.36. The van der Waals surface area contributed by atoms with Gasteiger partial charge in [-0.2, -0.15) is 0 Å². The Hall–Kier alpha value is -3.39. The van der Waals surface area contributed by atoms with Gasteiger partial charge in [-0.1, -0.05) is 0 Å². The Balaban J connectivity index is 1.27. The number of hydrogen-bond acceptors (Lipinski definition) is 4. The number of carbonyl (C=O) groups excluding carboxylic acids is 1. The van der Waals surface area contributed by atoms with Crippen LogP contribution in [0.25, 0.3) is 21.9 Å². The molecule has 0 unspecified atom stereocenters. The van der Waals surface area contributed by atoms with Crippen LogP contribution in [0.3, 0.4) is 0 Å². The van der Waals surface area contributed by atoms with Crippen LogP contribution in [0.15, 0.2) is 42.5 Å². The Morgan fingerprint density at radius 1 is 1.14 bits per heavy atom. The fourth-order valence-electron chi connectivity index (χ4n) is 2.98. The highest BCUT2D eigenvalue weighted by Crippen LogP contribution is 2.21. The number of aromatic amines is 2. The quantitative estimate of drug-likeness (QED) is 0.458. The Bertz CT molecular complexity index is 1140. The zero-order chi connectivity index (χ0) is 19.5. The molecule has 1 amide bonds. The van der Waals surface area contributed by atoms with Crippen molar-refractivity contribution in [1.29, 1.82) is 0 Å². The summed E-state index contributed by atoms with van der Waals surface area (Å²) in [6, 6.07) is 12.0. The van der Waals surface area contributed by atoms with Crippen LogP contribution in [0.5, 0.6) is 5.75 Å². The number of benzene rings is 2. The van der Waals surface area contributed by atoms with Crippen LogP contribution in [-0.2, 0) is 22.7 Å². The highest BCUT2D eigenvalue weighted by molar-refractivity contribution is 5.82. The summed E-state index contributed by atoms with van der Waals surface area (Å²) in [5, 5.41) is 3.82. The van der Waals surface area contributed by atoms with Gasteiger partial charge in [0.05, 0.1) is 24.7 Å². The number of aromatic nitrogens is 3. The molecule has 0 fully saturated rings. The highest BCUT2D eigenvalue weighted by atomic mass is 19.1. The van der Waals surface area contributed by atoms with Crippen LogP contribution in [-0.4, -0.2) is 34.6 Å². The van der Waals surface area contributed by atoms with E-state index in [9.17, 15) is 9.18 Å². The van der Waals surface area contributed by atoms with E-state index in [1.807, 2.05) is 24.3 Å². The number of methoxy groups -OCH3 is 1. The molecular formula is C20H19FN4O3. The second kappa shape index (κ2) is 7.69. The number of H-pyrrole nitrogens is 2. The van der Waals surface area contributed by atoms with Gasteiger partial charge in [0, 0.05) is 16.6 Å². The number of fused-ring (bicyclic) bond motifs is 2. The van der Waals surface area contributed by atoms with E-state index in [1.165, 1.54) is 12.1 Å². The fourth-order valence-corrected chi connectivity index (χ4v) is 2.98. The van der Waals surface area contributed by atoms with Crippen LogP contribution in [0.2, 0.25) is 0 Å². The predicted molar refractivity (Wildman–Crippen MR) is 102 cm³/mol. The van der Waals surface area contributed by atoms with Crippen LogP contribution >= 0.6 is 0 Å². The maximum absolute atomic E-state index is 13.2. The van der Waals surface area contributed by atoms with Crippen molar-refractivity contribution in [2.75, 3.05) is 13.7 Å². The first-order valence-corrected chi connectivity index (χ1v) is 8.75. The molecule has 144 valence electrons. The molecule has 0 atom stereocenters. The first-order valence-electron chi connectivity index (χ1n) is 8.75. The van der Waals surface area contributed by atoms with Gasteiger partial charge in [-0.25, -0.2) is 9.37 Å². The van der Waals surface area contributed by atoms with E-state index in [2.05, 4.69) is 20.3 Å². The SMILES string of the molecule is COc1ccc2[nH]c(CNC(=O)COCc3nc4ccc(F)cc4[nH]3)cc2c1. The maximum atomic E-state index is 13.2. The van der Waals surface area contributed by atoms with Crippen LogP contribution in [0, 0.1) is 5.82 Å². The van der Waals surface area contributed by atoms with E-state index < -0.39 is 0 Å². The van der Waals surface area contributed by atoms with Gasteiger partial charge < -0.3 is 24.8 Å². The molecule has 0 saturated heterocycles. The number of nitrogens with one attached hydrogen (secondary N) is 3. The van der Waals surface area contributed by atoms with Gasteiger partial charge in [-0.05, 0) is 42.5 Å². The Morgan fingerprint density at radius 3 is 2.89 bits per heavy atom. The smallest absolute Gasteiger partial charge is 0.246 e. The molecule has 0 spiro atoms. The minimum Gasteiger partial charge on any atom is -0.497 e. The molecular weight excluding hydrogens is 363 g/mol. The third-order valence-corrected chi connectivity index (χ3v) is 4.32. The average Bonchev–Trinajstić information content (AvgIpc) is 3.28. The molecule has 4 aromatic rings. The summed E-state index contributed by atoms with van der Waals surface area (Å²) < 4.78 is 23.8. The minimum absolute atomic E-state index is 0.0978. The van der Waals surface area contributed by atoms with Gasteiger partial charge >= 0.3 is 0 Å². The molecule has 0 aliphatic carbocycles. The van der Waals surface area contributed by atoms with E-state index in [4.69, 9.17) is 9.47 Å². The number of carbonyl (C=O) groups is 1. The summed E-state index contributed by atoms with van der Waals surface area (Å²) in [5.74, 6) is 0.749. The molecule has 7 nitrogen and oxygen atoms in total. The predicted octanol–water partition coefficient (Wildman–Crippen LogP) is 3.02. The van der Waals surface area contributed by atoms with E-state index in [-0.39, 0.29) is 24.9 Å². The Morgan fingerprint density at radius 2 is 2.04 bits per heavy atom. The van der Waals surface area contributed by atoms with Crippen molar-refractivity contribution in [2.45, 2.75) is 13.2 Å². The Labute approximate surface area is 159 Å². The fraction of sp³-hybridized carbons (Fsp3) is 0.200. The van der Waals surface area contributed by atoms with Crippen LogP contribution in [0.1, 0.15) is 11.5 Å². The molecule has 0 aliphatic rings. The lowest BCUT2D eigenvalue weighted by Gasteiger charge is -2.04. The van der Waals surface area contributed by atoms with Gasteiger partial charge in [-0.15, -0.1) is 0 Å². The monoisotopic (exact) mass is 382 g/mol. The van der Waals surface area contributed by atoms with Crippen molar-refractivity contribution in [3.05, 3.63) is 59.8 Å². The van der Waals surface area contributed by atoms with E-state index in [1.54, 1.807) is 13.2 Å². The van der Waals surface area contributed by atoms with Gasteiger partial charge in [0.25, 0.3) is 0 Å². The molecule has 3 N–H and O–H groups in total. The first kappa shape index (κ1) is 18.0. The third kappa shape index (κ3) is 3.96. The van der Waals surface area contributed by atoms with Gasteiger partial charge in [0.15, 0.2) is 0 Å². The number of amides is 1. The third-order valence-electron chi connectivity index (χ3n) is 4.32. The normalized spacial score (nSPS) is 11.2. The van der Waals surface area contributed by atoms with Crippen molar-refractivity contribution >= 4 is 27.8 Å². The van der Waals surface area contributed by atoms with E-state index >= 15 is 0 Å². The zero-order valence-corrected chi connectivity index (χ0v) is 15.2. The van der Waals surface area contributed by atoms with Crippen LogP contribution < -0.4 is 10.1 Å². The number of rotatable bonds is 7. The van der Waals surface area contributed by atoms with Crippen molar-refractivity contribution in [2.24, 2.45) is 0 Å². The lowest BCUT2D eigenvalue weighted by molar-refractivity contribution is -0.126. The summed E-state index contributed by atoms with van der Waals surface area (Å²) in [7, 11) is 1.62. The molecule has 2 aromatic carbocycles. The van der Waals surface area contributed by atoms with Gasteiger partial charge in [0.2, 0.25) is 5.91 Å². The largest absolute Gasteiger partial charge is 0.497 e. The number of halogens is 1. The number of hydrogen-bond donors (Lipinski definition) is 3. The molecule has 0 bridgehead atoms. The summed E-state index contributed by atoms with van der Waals surface area (Å²) in [6.45, 7) is 0.401. The number of ether oxygens (including phenoxy) is 2. The topological polar surface area (TPSA) is 92.0 Å². The standard InChI is InChI=1S/C20H19FN4O3/c1-27-15-3-5-16-12(7-15)6-14(23-16)9-22-20(26)11-28-10-19-24-17-4-2-13(21)8-18(17)25-19/h2-8,23H,9-11H2,1H3,(H,22,26)(H,24,25). The lowest BCUT2D eigenvalue weighted by atomic mass is 10.2. The molecule has 28 heavy (non-hydrogen) atoms. The number of nitrogens with zero attached hydrogens (tertiary/aromatic N) is 1. The summed E-state index contributed by atoms with van der Waals surface area (Å²) in [4.78, 5) is 22.5. The minimum atomic E-state index is -0.335. The van der Waals surface area contributed by atoms with Crippen molar-refractivity contribution in [1.82, 2.24) is 20.3 Å². The molecule has 2 heterocycles. The average molecular weight is 382 g/mol. The zero-order valence-electron chi connectivity index (χ0n) is 15.2. The van der Waals surface area contributed by atoms with Crippen molar-refractivity contribution < 1.29 is 18.7 Å². The highest BCUT2D eigenvalue weighted by Gasteiger charge is 2.07. The van der Waals surface area contributed by atoms with Crippen molar-refractivity contribution in [3.8, 4) is 5.75 Å². The molecule has 0 radical (unpaired) electrons. The van der Waals surface area contributed by atoms with Gasteiger partial charge in [-0.3, -0.25) is 4.79 Å². The molecule has 4 rings (SSSR count).